The zero-order valence-corrected chi connectivity index (χ0v) is 20.8. The number of hydrogen-bond donors (Lipinski definition) is 1. The summed E-state index contributed by atoms with van der Waals surface area (Å²) in [6.45, 7) is 7.65. The fourth-order valence-electron chi connectivity index (χ4n) is 4.76. The highest BCUT2D eigenvalue weighted by Crippen LogP contribution is 2.48. The second-order valence-corrected chi connectivity index (χ2v) is 9.19. The van der Waals surface area contributed by atoms with Crippen molar-refractivity contribution in [2.24, 2.45) is 5.10 Å². The number of benzene rings is 3. The Kier molecular flexibility index (Phi) is 6.93. The van der Waals surface area contributed by atoms with E-state index in [1.54, 1.807) is 30.3 Å². The van der Waals surface area contributed by atoms with Gasteiger partial charge in [0, 0.05) is 18.3 Å². The molecule has 0 spiro atoms. The SMILES string of the molecule is Cc1cccc(C)c1-c1cc2c(c([N+](=O)[O-])c1)[N-]C([N-]c1ccc(OCCN3CCCC3)cc1)=NN2O. The van der Waals surface area contributed by atoms with E-state index < -0.39 is 4.92 Å². The van der Waals surface area contributed by atoms with Crippen LogP contribution in [0.1, 0.15) is 24.0 Å². The van der Waals surface area contributed by atoms with E-state index in [0.717, 1.165) is 42.1 Å². The van der Waals surface area contributed by atoms with Crippen molar-refractivity contribution in [3.05, 3.63) is 86.5 Å². The average Bonchev–Trinajstić information content (AvgIpc) is 3.38. The molecule has 0 amide bonds. The number of ether oxygens (including phenoxy) is 1. The summed E-state index contributed by atoms with van der Waals surface area (Å²) in [5.74, 6) is 0.630. The lowest BCUT2D eigenvalue weighted by molar-refractivity contribution is -0.383. The van der Waals surface area contributed by atoms with Crippen LogP contribution in [0.15, 0.2) is 59.7 Å². The van der Waals surface area contributed by atoms with Crippen LogP contribution in [0.2, 0.25) is 0 Å². The Labute approximate surface area is 215 Å². The van der Waals surface area contributed by atoms with E-state index in [1.807, 2.05) is 32.0 Å². The lowest BCUT2D eigenvalue weighted by Gasteiger charge is -2.42. The normalized spacial score (nSPS) is 15.1. The van der Waals surface area contributed by atoms with Gasteiger partial charge >= 0.3 is 0 Å². The van der Waals surface area contributed by atoms with Crippen molar-refractivity contribution in [3.63, 3.8) is 0 Å². The molecule has 10 heteroatoms. The van der Waals surface area contributed by atoms with Gasteiger partial charge in [-0.25, -0.2) is 0 Å². The molecule has 3 aromatic carbocycles. The minimum atomic E-state index is -0.509. The lowest BCUT2D eigenvalue weighted by atomic mass is 9.94. The summed E-state index contributed by atoms with van der Waals surface area (Å²) in [6.07, 6.45) is 2.50. The van der Waals surface area contributed by atoms with E-state index in [2.05, 4.69) is 20.6 Å². The molecule has 0 aromatic heterocycles. The standard InChI is InChI=1S/C27H28N6O4/c1-18-6-5-7-19(2)25(18)20-16-23-26(24(17-20)33(35)36)29-27(30-32(23)34)28-21-8-10-22(11-9-21)37-15-14-31-12-3-4-13-31/h5-11,16-17,34H,3-4,12-15H2,1-2H3/q-2. The summed E-state index contributed by atoms with van der Waals surface area (Å²) in [5, 5.41) is 35.9. The molecular formula is C27H28N6O4-2. The number of nitrogens with zero attached hydrogens (tertiary/aromatic N) is 6. The minimum Gasteiger partial charge on any atom is -0.523 e. The quantitative estimate of drug-likeness (QED) is 0.290. The van der Waals surface area contributed by atoms with Crippen LogP contribution < -0.4 is 9.91 Å². The predicted molar refractivity (Wildman–Crippen MR) is 143 cm³/mol. The van der Waals surface area contributed by atoms with Gasteiger partial charge in [0.05, 0.1) is 10.6 Å². The first kappa shape index (κ1) is 24.5. The van der Waals surface area contributed by atoms with Gasteiger partial charge in [-0.2, -0.15) is 5.96 Å². The largest absolute Gasteiger partial charge is 0.523 e. The third-order valence-electron chi connectivity index (χ3n) is 6.59. The summed E-state index contributed by atoms with van der Waals surface area (Å²) in [5.41, 5.74) is 3.81. The smallest absolute Gasteiger partial charge is 0.269 e. The van der Waals surface area contributed by atoms with Crippen LogP contribution >= 0.6 is 0 Å². The maximum atomic E-state index is 12.0. The lowest BCUT2D eigenvalue weighted by Crippen LogP contribution is -2.25. The van der Waals surface area contributed by atoms with Gasteiger partial charge in [0.2, 0.25) is 0 Å². The first-order valence-corrected chi connectivity index (χ1v) is 12.2. The number of hydrazone groups is 1. The Bertz CT molecular complexity index is 1320. The Morgan fingerprint density at radius 2 is 1.81 bits per heavy atom. The van der Waals surface area contributed by atoms with Crippen LogP contribution in [0.5, 0.6) is 5.75 Å². The monoisotopic (exact) mass is 500 g/mol. The molecule has 0 aliphatic carbocycles. The maximum absolute atomic E-state index is 12.0. The van der Waals surface area contributed by atoms with E-state index >= 15 is 0 Å². The second-order valence-electron chi connectivity index (χ2n) is 9.19. The molecule has 10 nitrogen and oxygen atoms in total. The Morgan fingerprint density at radius 3 is 2.49 bits per heavy atom. The Balaban J connectivity index is 1.32. The van der Waals surface area contributed by atoms with E-state index in [1.165, 1.54) is 18.9 Å². The van der Waals surface area contributed by atoms with Gasteiger partial charge in [0.15, 0.2) is 0 Å². The van der Waals surface area contributed by atoms with Crippen molar-refractivity contribution < 1.29 is 14.9 Å². The van der Waals surface area contributed by atoms with E-state index in [9.17, 15) is 15.3 Å². The summed E-state index contributed by atoms with van der Waals surface area (Å²) >= 11 is 0. The number of nitro groups is 1. The molecule has 0 bridgehead atoms. The molecule has 37 heavy (non-hydrogen) atoms. The molecule has 0 radical (unpaired) electrons. The van der Waals surface area contributed by atoms with E-state index in [0.29, 0.717) is 23.0 Å². The topological polar surface area (TPSA) is 120 Å². The second kappa shape index (κ2) is 10.5. The van der Waals surface area contributed by atoms with E-state index in [4.69, 9.17) is 4.74 Å². The molecule has 0 saturated carbocycles. The van der Waals surface area contributed by atoms with Gasteiger partial charge in [-0.1, -0.05) is 36.0 Å². The number of hydrogen-bond acceptors (Lipinski definition) is 7. The van der Waals surface area contributed by atoms with Crippen molar-refractivity contribution in [2.75, 3.05) is 31.4 Å². The van der Waals surface area contributed by atoms with Gasteiger partial charge in [0.1, 0.15) is 12.4 Å². The maximum Gasteiger partial charge on any atom is 0.269 e. The number of nitro benzene ring substituents is 1. The van der Waals surface area contributed by atoms with Crippen LogP contribution in [-0.2, 0) is 0 Å². The number of aryl methyl sites for hydroxylation is 2. The summed E-state index contributed by atoms with van der Waals surface area (Å²) in [6, 6.07) is 16.0. The first-order valence-electron chi connectivity index (χ1n) is 12.2. The molecule has 2 aliphatic rings. The van der Waals surface area contributed by atoms with Crippen LogP contribution in [0.25, 0.3) is 21.8 Å². The van der Waals surface area contributed by atoms with Crippen LogP contribution in [0.4, 0.5) is 22.7 Å². The zero-order chi connectivity index (χ0) is 25.9. The van der Waals surface area contributed by atoms with Gasteiger partial charge < -0.3 is 20.5 Å². The summed E-state index contributed by atoms with van der Waals surface area (Å²) in [7, 11) is 0. The van der Waals surface area contributed by atoms with Crippen LogP contribution in [0, 0.1) is 24.0 Å². The van der Waals surface area contributed by atoms with Gasteiger partial charge in [0.25, 0.3) is 5.69 Å². The fraction of sp³-hybridized carbons (Fsp3) is 0.296. The third-order valence-corrected chi connectivity index (χ3v) is 6.59. The average molecular weight is 501 g/mol. The molecule has 5 rings (SSSR count). The van der Waals surface area contributed by atoms with Crippen molar-refractivity contribution in [3.8, 4) is 16.9 Å². The minimum absolute atomic E-state index is 0.00176. The molecule has 0 unspecified atom stereocenters. The number of rotatable bonds is 7. The molecule has 2 heterocycles. The van der Waals surface area contributed by atoms with Gasteiger partial charge in [-0.3, -0.25) is 25.4 Å². The molecule has 1 fully saturated rings. The van der Waals surface area contributed by atoms with Gasteiger partial charge in [-0.05, 0) is 80.2 Å². The van der Waals surface area contributed by atoms with Crippen molar-refractivity contribution in [1.82, 2.24) is 4.90 Å². The number of anilines is 1. The zero-order valence-electron chi connectivity index (χ0n) is 20.8. The molecule has 0 atom stereocenters. The van der Waals surface area contributed by atoms with Crippen LogP contribution in [-0.4, -0.2) is 47.2 Å². The van der Waals surface area contributed by atoms with Crippen LogP contribution in [0.3, 0.4) is 0 Å². The molecule has 1 saturated heterocycles. The Hall–Kier alpha value is -4.15. The summed E-state index contributed by atoms with van der Waals surface area (Å²) in [4.78, 5) is 13.8. The van der Waals surface area contributed by atoms with Gasteiger partial charge in [-0.15, -0.1) is 0 Å². The van der Waals surface area contributed by atoms with Crippen molar-refractivity contribution in [2.45, 2.75) is 26.7 Å². The number of likely N-dealkylation sites (tertiary alicyclic amines) is 1. The highest BCUT2D eigenvalue weighted by Gasteiger charge is 2.21. The molecule has 1 N–H and O–H groups in total. The molecule has 192 valence electrons. The first-order chi connectivity index (χ1) is 17.9. The highest BCUT2D eigenvalue weighted by molar-refractivity contribution is 6.17. The number of fused-ring (bicyclic) bond motifs is 1. The van der Waals surface area contributed by atoms with Crippen molar-refractivity contribution in [1.29, 1.82) is 0 Å². The van der Waals surface area contributed by atoms with E-state index in [-0.39, 0.29) is 23.0 Å². The molecule has 2 aliphatic heterocycles. The highest BCUT2D eigenvalue weighted by atomic mass is 16.6. The third kappa shape index (κ3) is 5.35. The fourth-order valence-corrected chi connectivity index (χ4v) is 4.76. The Morgan fingerprint density at radius 1 is 1.11 bits per heavy atom. The predicted octanol–water partition coefficient (Wildman–Crippen LogP) is 6.54. The molecule has 3 aromatic rings. The molecular weight excluding hydrogens is 472 g/mol. The number of guanidine groups is 1. The summed E-state index contributed by atoms with van der Waals surface area (Å²) < 4.78 is 5.82. The van der Waals surface area contributed by atoms with Crippen molar-refractivity contribution >= 4 is 28.7 Å².